The summed E-state index contributed by atoms with van der Waals surface area (Å²) in [6, 6.07) is 8.26. The van der Waals surface area contributed by atoms with Crippen LogP contribution in [0.3, 0.4) is 0 Å². The maximum absolute atomic E-state index is 5.93. The Hall–Kier alpha value is -0.320. The van der Waals surface area contributed by atoms with Crippen molar-refractivity contribution in [1.29, 1.82) is 0 Å². The van der Waals surface area contributed by atoms with Gasteiger partial charge in [0.25, 0.3) is 0 Å². The van der Waals surface area contributed by atoms with Gasteiger partial charge in [-0.15, -0.1) is 11.3 Å². The average molecular weight is 376 g/mol. The molecule has 0 atom stereocenters. The molecule has 1 heterocycles. The molecule has 0 spiro atoms. The van der Waals surface area contributed by atoms with Crippen molar-refractivity contribution in [1.82, 2.24) is 0 Å². The molecule has 0 fully saturated rings. The smallest absolute Gasteiger partial charge is 0.126 e. The number of thiophene rings is 1. The van der Waals surface area contributed by atoms with Gasteiger partial charge in [0, 0.05) is 15.4 Å². The van der Waals surface area contributed by atoms with Crippen molar-refractivity contribution < 1.29 is 4.74 Å². The molecule has 0 aliphatic heterocycles. The van der Waals surface area contributed by atoms with Crippen LogP contribution in [0, 0.1) is 6.92 Å². The highest BCUT2D eigenvalue weighted by molar-refractivity contribution is 9.10. The second kappa shape index (κ2) is 6.03. The van der Waals surface area contributed by atoms with Crippen LogP contribution >= 0.6 is 43.2 Å². The van der Waals surface area contributed by atoms with E-state index in [9.17, 15) is 0 Å². The highest BCUT2D eigenvalue weighted by Crippen LogP contribution is 2.29. The van der Waals surface area contributed by atoms with E-state index in [2.05, 4.69) is 62.4 Å². The van der Waals surface area contributed by atoms with E-state index in [4.69, 9.17) is 4.74 Å². The Bertz CT molecular complexity index is 508. The van der Waals surface area contributed by atoms with Gasteiger partial charge < -0.3 is 4.74 Å². The number of hydrogen-bond acceptors (Lipinski definition) is 2. The highest BCUT2D eigenvalue weighted by atomic mass is 79.9. The Morgan fingerprint density at radius 1 is 1.29 bits per heavy atom. The van der Waals surface area contributed by atoms with Gasteiger partial charge in [-0.25, -0.2) is 0 Å². The molecule has 1 aromatic heterocycles. The topological polar surface area (TPSA) is 9.23 Å². The van der Waals surface area contributed by atoms with Crippen LogP contribution in [0.25, 0.3) is 0 Å². The van der Waals surface area contributed by atoms with Gasteiger partial charge in [-0.1, -0.05) is 34.1 Å². The lowest BCUT2D eigenvalue weighted by molar-refractivity contribution is 0.304. The van der Waals surface area contributed by atoms with Crippen molar-refractivity contribution in [2.75, 3.05) is 0 Å². The lowest BCUT2D eigenvalue weighted by Gasteiger charge is -2.12. The first-order valence-electron chi connectivity index (χ1n) is 5.21. The fraction of sp³-hybridized carbons (Fsp3) is 0.231. The van der Waals surface area contributed by atoms with Crippen LogP contribution in [0.2, 0.25) is 0 Å². The molecule has 17 heavy (non-hydrogen) atoms. The largest absolute Gasteiger partial charge is 0.487 e. The summed E-state index contributed by atoms with van der Waals surface area (Å²) in [5.74, 6) is 0.990. The van der Waals surface area contributed by atoms with E-state index in [0.29, 0.717) is 6.61 Å². The highest BCUT2D eigenvalue weighted by Gasteiger charge is 2.08. The minimum absolute atomic E-state index is 0.614. The van der Waals surface area contributed by atoms with Gasteiger partial charge in [-0.3, -0.25) is 0 Å². The normalized spacial score (nSPS) is 10.5. The van der Waals surface area contributed by atoms with E-state index in [0.717, 1.165) is 15.6 Å². The summed E-state index contributed by atoms with van der Waals surface area (Å²) in [6.45, 7) is 2.69. The molecule has 2 rings (SSSR count). The van der Waals surface area contributed by atoms with Gasteiger partial charge in [0.2, 0.25) is 0 Å². The van der Waals surface area contributed by atoms with E-state index in [1.54, 1.807) is 11.3 Å². The fourth-order valence-electron chi connectivity index (χ4n) is 1.59. The first kappa shape index (κ1) is 13.1. The molecule has 0 bridgehead atoms. The maximum Gasteiger partial charge on any atom is 0.126 e. The van der Waals surface area contributed by atoms with Crippen LogP contribution in [-0.4, -0.2) is 0 Å². The standard InChI is InChI=1S/C13H12Br2OS/c1-9-3-2-4-10(7-14)13(9)16-8-12-11(15)5-6-17-12/h2-6H,7-8H2,1H3. The van der Waals surface area contributed by atoms with Crippen molar-refractivity contribution >= 4 is 43.2 Å². The molecule has 1 aromatic carbocycles. The van der Waals surface area contributed by atoms with Gasteiger partial charge in [0.1, 0.15) is 12.4 Å². The van der Waals surface area contributed by atoms with Crippen molar-refractivity contribution in [2.24, 2.45) is 0 Å². The molecule has 0 saturated carbocycles. The van der Waals surface area contributed by atoms with E-state index in [1.807, 2.05) is 6.07 Å². The third-order valence-corrected chi connectivity index (χ3v) is 4.98. The number of benzene rings is 1. The molecule has 0 aliphatic carbocycles. The number of aryl methyl sites for hydroxylation is 1. The molecule has 0 radical (unpaired) electrons. The number of rotatable bonds is 4. The molecule has 0 aliphatic rings. The van der Waals surface area contributed by atoms with Crippen LogP contribution in [-0.2, 0) is 11.9 Å². The van der Waals surface area contributed by atoms with Gasteiger partial charge in [-0.2, -0.15) is 0 Å². The van der Waals surface area contributed by atoms with Crippen LogP contribution in [0.5, 0.6) is 5.75 Å². The van der Waals surface area contributed by atoms with E-state index < -0.39 is 0 Å². The molecule has 0 unspecified atom stereocenters. The summed E-state index contributed by atoms with van der Waals surface area (Å²) in [5.41, 5.74) is 2.37. The molecule has 0 N–H and O–H groups in total. The predicted octanol–water partition coefficient (Wildman–Crippen LogP) is 5.29. The van der Waals surface area contributed by atoms with E-state index >= 15 is 0 Å². The van der Waals surface area contributed by atoms with Crippen molar-refractivity contribution in [2.45, 2.75) is 18.9 Å². The summed E-state index contributed by atoms with van der Waals surface area (Å²) in [4.78, 5) is 1.22. The fourth-order valence-corrected chi connectivity index (χ4v) is 3.41. The Labute approximate surface area is 122 Å². The molecule has 90 valence electrons. The minimum Gasteiger partial charge on any atom is -0.487 e. The van der Waals surface area contributed by atoms with Crippen LogP contribution in [0.15, 0.2) is 34.1 Å². The zero-order chi connectivity index (χ0) is 12.3. The summed E-state index contributed by atoms with van der Waals surface area (Å²) in [7, 11) is 0. The monoisotopic (exact) mass is 374 g/mol. The number of halogens is 2. The Kier molecular flexibility index (Phi) is 4.65. The van der Waals surface area contributed by atoms with Gasteiger partial charge >= 0.3 is 0 Å². The second-order valence-electron chi connectivity index (χ2n) is 3.68. The summed E-state index contributed by atoms with van der Waals surface area (Å²) < 4.78 is 7.06. The van der Waals surface area contributed by atoms with E-state index in [1.165, 1.54) is 16.0 Å². The van der Waals surface area contributed by atoms with Crippen molar-refractivity contribution in [3.8, 4) is 5.75 Å². The zero-order valence-electron chi connectivity index (χ0n) is 9.37. The Morgan fingerprint density at radius 3 is 2.76 bits per heavy atom. The summed E-state index contributed by atoms with van der Waals surface area (Å²) >= 11 is 8.71. The van der Waals surface area contributed by atoms with Crippen molar-refractivity contribution in [3.63, 3.8) is 0 Å². The molecule has 4 heteroatoms. The Balaban J connectivity index is 2.16. The quantitative estimate of drug-likeness (QED) is 0.659. The lowest BCUT2D eigenvalue weighted by atomic mass is 10.1. The molecule has 1 nitrogen and oxygen atoms in total. The molecular formula is C13H12Br2OS. The third kappa shape index (κ3) is 3.12. The number of alkyl halides is 1. The lowest BCUT2D eigenvalue weighted by Crippen LogP contribution is -1.98. The third-order valence-electron chi connectivity index (χ3n) is 2.48. The molecule has 0 saturated heterocycles. The van der Waals surface area contributed by atoms with Gasteiger partial charge in [0.15, 0.2) is 0 Å². The average Bonchev–Trinajstić information content (AvgIpc) is 2.73. The second-order valence-corrected chi connectivity index (χ2v) is 6.09. The summed E-state index contributed by atoms with van der Waals surface area (Å²) in [6.07, 6.45) is 0. The first-order chi connectivity index (χ1) is 8.22. The molecular weight excluding hydrogens is 364 g/mol. The van der Waals surface area contributed by atoms with Crippen LogP contribution < -0.4 is 4.74 Å². The predicted molar refractivity (Wildman–Crippen MR) is 80.2 cm³/mol. The van der Waals surface area contributed by atoms with Crippen molar-refractivity contribution in [3.05, 3.63) is 50.1 Å². The van der Waals surface area contributed by atoms with Crippen LogP contribution in [0.4, 0.5) is 0 Å². The van der Waals surface area contributed by atoms with Gasteiger partial charge in [0.05, 0.1) is 4.88 Å². The molecule has 2 aromatic rings. The Morgan fingerprint density at radius 2 is 2.12 bits per heavy atom. The number of hydrogen-bond donors (Lipinski definition) is 0. The van der Waals surface area contributed by atoms with Crippen LogP contribution in [0.1, 0.15) is 16.0 Å². The first-order valence-corrected chi connectivity index (χ1v) is 8.01. The number of ether oxygens (including phenoxy) is 1. The number of para-hydroxylation sites is 1. The SMILES string of the molecule is Cc1cccc(CBr)c1OCc1sccc1Br. The molecule has 0 amide bonds. The summed E-state index contributed by atoms with van der Waals surface area (Å²) in [5, 5.41) is 2.88. The maximum atomic E-state index is 5.93. The zero-order valence-corrected chi connectivity index (χ0v) is 13.4. The van der Waals surface area contributed by atoms with Gasteiger partial charge in [-0.05, 0) is 39.9 Å². The van der Waals surface area contributed by atoms with E-state index in [-0.39, 0.29) is 0 Å². The minimum atomic E-state index is 0.614.